The van der Waals surface area contributed by atoms with Gasteiger partial charge in [-0.05, 0) is 12.1 Å². The lowest BCUT2D eigenvalue weighted by molar-refractivity contribution is -0.120. The van der Waals surface area contributed by atoms with Gasteiger partial charge in [-0.15, -0.1) is 0 Å². The molecular weight excluding hydrogens is 140 g/mol. The zero-order valence-electron chi connectivity index (χ0n) is 6.55. The Morgan fingerprint density at radius 1 is 1.73 bits per heavy atom. The summed E-state index contributed by atoms with van der Waals surface area (Å²) < 4.78 is 0. The van der Waals surface area contributed by atoms with E-state index in [-0.39, 0.29) is 5.91 Å². The van der Waals surface area contributed by atoms with Gasteiger partial charge in [0.05, 0.1) is 6.54 Å². The van der Waals surface area contributed by atoms with Gasteiger partial charge < -0.3 is 10.3 Å². The minimum Gasteiger partial charge on any atom is -0.364 e. The first kappa shape index (κ1) is 7.85. The van der Waals surface area contributed by atoms with E-state index in [0.29, 0.717) is 13.0 Å². The number of hydrogen-bond acceptors (Lipinski definition) is 1. The van der Waals surface area contributed by atoms with Crippen LogP contribution < -0.4 is 5.32 Å². The van der Waals surface area contributed by atoms with E-state index in [1.54, 1.807) is 0 Å². The molecule has 0 aliphatic heterocycles. The fraction of sp³-hybridized carbons (Fsp3) is 0.375. The van der Waals surface area contributed by atoms with Crippen molar-refractivity contribution >= 4 is 5.91 Å². The van der Waals surface area contributed by atoms with Gasteiger partial charge in [-0.3, -0.25) is 4.79 Å². The van der Waals surface area contributed by atoms with Gasteiger partial charge in [0.25, 0.3) is 0 Å². The van der Waals surface area contributed by atoms with E-state index in [2.05, 4.69) is 10.3 Å². The molecule has 0 aliphatic carbocycles. The molecule has 0 saturated carbocycles. The van der Waals surface area contributed by atoms with E-state index in [4.69, 9.17) is 0 Å². The number of hydrogen-bond donors (Lipinski definition) is 2. The van der Waals surface area contributed by atoms with Crippen LogP contribution in [0.1, 0.15) is 19.0 Å². The third-order valence-corrected chi connectivity index (χ3v) is 1.46. The fourth-order valence-corrected chi connectivity index (χ4v) is 0.796. The molecule has 1 aromatic heterocycles. The van der Waals surface area contributed by atoms with Crippen molar-refractivity contribution in [1.82, 2.24) is 10.3 Å². The first-order valence-corrected chi connectivity index (χ1v) is 3.72. The second-order valence-corrected chi connectivity index (χ2v) is 2.33. The summed E-state index contributed by atoms with van der Waals surface area (Å²) >= 11 is 0. The second-order valence-electron chi connectivity index (χ2n) is 2.33. The quantitative estimate of drug-likeness (QED) is 0.667. The van der Waals surface area contributed by atoms with Crippen molar-refractivity contribution in [2.24, 2.45) is 0 Å². The first-order valence-electron chi connectivity index (χ1n) is 3.72. The van der Waals surface area contributed by atoms with Crippen LogP contribution in [0.2, 0.25) is 0 Å². The smallest absolute Gasteiger partial charge is 0.220 e. The Kier molecular flexibility index (Phi) is 2.72. The molecular formula is C8H12N2O. The van der Waals surface area contributed by atoms with Crippen LogP contribution >= 0.6 is 0 Å². The summed E-state index contributed by atoms with van der Waals surface area (Å²) in [5.41, 5.74) is 1.03. The largest absolute Gasteiger partial charge is 0.364 e. The van der Waals surface area contributed by atoms with E-state index < -0.39 is 0 Å². The summed E-state index contributed by atoms with van der Waals surface area (Å²) in [6.07, 6.45) is 2.38. The third-order valence-electron chi connectivity index (χ3n) is 1.46. The summed E-state index contributed by atoms with van der Waals surface area (Å²) in [5, 5.41) is 2.76. The Morgan fingerprint density at radius 3 is 3.09 bits per heavy atom. The molecule has 0 radical (unpaired) electrons. The molecule has 0 bridgehead atoms. The number of amides is 1. The Labute approximate surface area is 65.8 Å². The first-order chi connectivity index (χ1) is 5.33. The number of aromatic nitrogens is 1. The molecule has 0 saturated heterocycles. The van der Waals surface area contributed by atoms with Crippen molar-refractivity contribution < 1.29 is 4.79 Å². The van der Waals surface area contributed by atoms with Gasteiger partial charge in [0.1, 0.15) is 0 Å². The van der Waals surface area contributed by atoms with Crippen LogP contribution in [-0.2, 0) is 11.3 Å². The summed E-state index contributed by atoms with van der Waals surface area (Å²) in [7, 11) is 0. The average Bonchev–Trinajstić information content (AvgIpc) is 2.52. The van der Waals surface area contributed by atoms with Crippen LogP contribution in [0, 0.1) is 0 Å². The Hall–Kier alpha value is -1.25. The van der Waals surface area contributed by atoms with Gasteiger partial charge in [0, 0.05) is 18.3 Å². The van der Waals surface area contributed by atoms with E-state index >= 15 is 0 Å². The average molecular weight is 152 g/mol. The molecule has 1 amide bonds. The minimum absolute atomic E-state index is 0.0830. The van der Waals surface area contributed by atoms with Gasteiger partial charge in [-0.1, -0.05) is 6.92 Å². The van der Waals surface area contributed by atoms with Crippen LogP contribution in [0.25, 0.3) is 0 Å². The number of carbonyl (C=O) groups excluding carboxylic acids is 1. The molecule has 0 aromatic carbocycles. The maximum absolute atomic E-state index is 10.8. The molecule has 3 nitrogen and oxygen atoms in total. The number of aromatic amines is 1. The van der Waals surface area contributed by atoms with E-state index in [1.807, 2.05) is 25.3 Å². The van der Waals surface area contributed by atoms with Crippen LogP contribution in [0.5, 0.6) is 0 Å². The topological polar surface area (TPSA) is 44.9 Å². The lowest BCUT2D eigenvalue weighted by atomic mass is 10.4. The zero-order chi connectivity index (χ0) is 8.10. The third kappa shape index (κ3) is 2.45. The van der Waals surface area contributed by atoms with Crippen molar-refractivity contribution in [1.29, 1.82) is 0 Å². The summed E-state index contributed by atoms with van der Waals surface area (Å²) in [6, 6.07) is 3.85. The molecule has 0 unspecified atom stereocenters. The molecule has 60 valence electrons. The molecule has 0 spiro atoms. The molecule has 1 aromatic rings. The normalized spacial score (nSPS) is 9.55. The zero-order valence-corrected chi connectivity index (χ0v) is 6.55. The maximum atomic E-state index is 10.8. The Morgan fingerprint density at radius 2 is 2.55 bits per heavy atom. The number of rotatable bonds is 3. The van der Waals surface area contributed by atoms with E-state index in [9.17, 15) is 4.79 Å². The highest BCUT2D eigenvalue weighted by molar-refractivity contribution is 5.75. The highest BCUT2D eigenvalue weighted by atomic mass is 16.1. The van der Waals surface area contributed by atoms with Crippen LogP contribution in [-0.4, -0.2) is 10.9 Å². The maximum Gasteiger partial charge on any atom is 0.220 e. The lowest BCUT2D eigenvalue weighted by Crippen LogP contribution is -2.21. The predicted molar refractivity (Wildman–Crippen MR) is 42.9 cm³/mol. The molecule has 0 aliphatic rings. The molecule has 11 heavy (non-hydrogen) atoms. The minimum atomic E-state index is 0.0830. The van der Waals surface area contributed by atoms with E-state index in [1.165, 1.54) is 0 Å². The number of carbonyl (C=O) groups is 1. The number of H-pyrrole nitrogens is 1. The molecule has 0 atom stereocenters. The SMILES string of the molecule is CCC(=O)NCc1ccc[nH]1. The highest BCUT2D eigenvalue weighted by Crippen LogP contribution is 1.92. The molecule has 1 heterocycles. The Bertz CT molecular complexity index is 216. The van der Waals surface area contributed by atoms with Crippen molar-refractivity contribution in [3.8, 4) is 0 Å². The van der Waals surface area contributed by atoms with Gasteiger partial charge >= 0.3 is 0 Å². The van der Waals surface area contributed by atoms with Gasteiger partial charge in [0.15, 0.2) is 0 Å². The van der Waals surface area contributed by atoms with E-state index in [0.717, 1.165) is 5.69 Å². The monoisotopic (exact) mass is 152 g/mol. The van der Waals surface area contributed by atoms with Gasteiger partial charge in [0.2, 0.25) is 5.91 Å². The van der Waals surface area contributed by atoms with Crippen LogP contribution in [0.15, 0.2) is 18.3 Å². The van der Waals surface area contributed by atoms with Crippen molar-refractivity contribution in [2.75, 3.05) is 0 Å². The van der Waals surface area contributed by atoms with Gasteiger partial charge in [-0.2, -0.15) is 0 Å². The van der Waals surface area contributed by atoms with Crippen molar-refractivity contribution in [3.05, 3.63) is 24.0 Å². The van der Waals surface area contributed by atoms with Crippen molar-refractivity contribution in [2.45, 2.75) is 19.9 Å². The molecule has 0 fully saturated rings. The van der Waals surface area contributed by atoms with Crippen molar-refractivity contribution in [3.63, 3.8) is 0 Å². The molecule has 2 N–H and O–H groups in total. The summed E-state index contributed by atoms with van der Waals surface area (Å²) in [6.45, 7) is 2.43. The van der Waals surface area contributed by atoms with Crippen LogP contribution in [0.3, 0.4) is 0 Å². The molecule has 1 rings (SSSR count). The van der Waals surface area contributed by atoms with Crippen LogP contribution in [0.4, 0.5) is 0 Å². The summed E-state index contributed by atoms with van der Waals surface area (Å²) in [4.78, 5) is 13.8. The standard InChI is InChI=1S/C8H12N2O/c1-2-8(11)10-6-7-4-3-5-9-7/h3-5,9H,2,6H2,1H3,(H,10,11). The Balaban J connectivity index is 2.29. The summed E-state index contributed by atoms with van der Waals surface area (Å²) in [5.74, 6) is 0.0830. The second kappa shape index (κ2) is 3.81. The molecule has 3 heteroatoms. The fourth-order valence-electron chi connectivity index (χ4n) is 0.796. The predicted octanol–water partition coefficient (Wildman–Crippen LogP) is 1.04. The lowest BCUT2D eigenvalue weighted by Gasteiger charge is -1.99. The highest BCUT2D eigenvalue weighted by Gasteiger charge is 1.96. The van der Waals surface area contributed by atoms with Gasteiger partial charge in [-0.25, -0.2) is 0 Å². The number of nitrogens with one attached hydrogen (secondary N) is 2.